The van der Waals surface area contributed by atoms with E-state index in [0.29, 0.717) is 5.82 Å². The summed E-state index contributed by atoms with van der Waals surface area (Å²) in [6.45, 7) is 2.06. The van der Waals surface area contributed by atoms with E-state index >= 15 is 0 Å². The molecule has 0 aliphatic heterocycles. The van der Waals surface area contributed by atoms with E-state index in [-0.39, 0.29) is 18.0 Å². The van der Waals surface area contributed by atoms with Crippen molar-refractivity contribution < 1.29 is 12.6 Å². The van der Waals surface area contributed by atoms with E-state index in [1.165, 1.54) is 4.80 Å². The van der Waals surface area contributed by atoms with Crippen molar-refractivity contribution in [2.75, 3.05) is 5.75 Å². The highest BCUT2D eigenvalue weighted by Gasteiger charge is 2.14. The molecule has 0 atom stereocenters. The molecular formula is C16H16N4O3S. The third-order valence-electron chi connectivity index (χ3n) is 3.27. The van der Waals surface area contributed by atoms with Crippen LogP contribution in [0.25, 0.3) is 11.4 Å². The fourth-order valence-corrected chi connectivity index (χ4v) is 2.89. The lowest BCUT2D eigenvalue weighted by Gasteiger charge is -2.05. The largest absolute Gasteiger partial charge is 0.382 e. The number of benzene rings is 2. The zero-order valence-corrected chi connectivity index (χ0v) is 13.8. The minimum Gasteiger partial charge on any atom is -0.382 e. The summed E-state index contributed by atoms with van der Waals surface area (Å²) in [6, 6.07) is 16.1. The van der Waals surface area contributed by atoms with Gasteiger partial charge in [0.25, 0.3) is 0 Å². The molecule has 0 saturated heterocycles. The lowest BCUT2D eigenvalue weighted by Crippen LogP contribution is -2.19. The first-order chi connectivity index (χ1) is 11.5. The molecule has 3 aromatic rings. The molecule has 0 spiro atoms. The van der Waals surface area contributed by atoms with Crippen molar-refractivity contribution in [1.82, 2.24) is 20.2 Å². The number of hydrogen-bond donors (Lipinski definition) is 0. The van der Waals surface area contributed by atoms with Crippen molar-refractivity contribution in [3.05, 3.63) is 60.2 Å². The van der Waals surface area contributed by atoms with Crippen LogP contribution in [0.3, 0.4) is 0 Å². The summed E-state index contributed by atoms with van der Waals surface area (Å²) in [4.78, 5) is 1.25. The van der Waals surface area contributed by atoms with Crippen molar-refractivity contribution in [1.29, 1.82) is 0 Å². The lowest BCUT2D eigenvalue weighted by atomic mass is 10.1. The normalized spacial score (nSPS) is 11.4. The summed E-state index contributed by atoms with van der Waals surface area (Å²) in [5.41, 5.74) is 1.96. The number of rotatable bonds is 6. The van der Waals surface area contributed by atoms with Gasteiger partial charge in [0.1, 0.15) is 11.5 Å². The number of nitrogens with zero attached hydrogens (tertiary/aromatic N) is 4. The van der Waals surface area contributed by atoms with Gasteiger partial charge in [0.15, 0.2) is 0 Å². The third kappa shape index (κ3) is 4.17. The molecule has 0 aliphatic rings. The van der Waals surface area contributed by atoms with Crippen molar-refractivity contribution in [3.8, 4) is 17.1 Å². The quantitative estimate of drug-likeness (QED) is 0.636. The first kappa shape index (κ1) is 16.1. The maximum absolute atomic E-state index is 12.0. The zero-order valence-electron chi connectivity index (χ0n) is 13.0. The Labute approximate surface area is 140 Å². The zero-order chi connectivity index (χ0) is 17.0. The second-order valence-electron chi connectivity index (χ2n) is 5.23. The molecule has 0 unspecified atom stereocenters. The molecule has 0 radical (unpaired) electrons. The third-order valence-corrected chi connectivity index (χ3v) is 4.40. The maximum atomic E-state index is 12.0. The number of aromatic nitrogens is 4. The van der Waals surface area contributed by atoms with E-state index in [9.17, 15) is 8.42 Å². The monoisotopic (exact) mass is 344 g/mol. The van der Waals surface area contributed by atoms with Gasteiger partial charge >= 0.3 is 10.1 Å². The van der Waals surface area contributed by atoms with Gasteiger partial charge in [-0.15, -0.1) is 10.2 Å². The van der Waals surface area contributed by atoms with E-state index in [4.69, 9.17) is 4.18 Å². The summed E-state index contributed by atoms with van der Waals surface area (Å²) in [5.74, 6) is 0.492. The van der Waals surface area contributed by atoms with Gasteiger partial charge in [-0.3, -0.25) is 0 Å². The number of aryl methyl sites for hydroxylation is 2. The molecular weight excluding hydrogens is 328 g/mol. The molecule has 0 bridgehead atoms. The Balaban J connectivity index is 1.63. The van der Waals surface area contributed by atoms with Gasteiger partial charge < -0.3 is 4.18 Å². The van der Waals surface area contributed by atoms with Crippen LogP contribution in [0.4, 0.5) is 0 Å². The topological polar surface area (TPSA) is 87.0 Å². The summed E-state index contributed by atoms with van der Waals surface area (Å²) in [7, 11) is -3.72. The van der Waals surface area contributed by atoms with Crippen LogP contribution in [0.1, 0.15) is 5.56 Å². The van der Waals surface area contributed by atoms with Crippen LogP contribution in [0.5, 0.6) is 5.75 Å². The highest BCUT2D eigenvalue weighted by atomic mass is 32.2. The minimum atomic E-state index is -3.72. The predicted octanol–water partition coefficient (Wildman–Crippen LogP) is 2.06. The highest BCUT2D eigenvalue weighted by Crippen LogP contribution is 2.14. The maximum Gasteiger partial charge on any atom is 0.311 e. The van der Waals surface area contributed by atoms with Crippen LogP contribution in [0, 0.1) is 6.92 Å². The van der Waals surface area contributed by atoms with Gasteiger partial charge in [0.2, 0.25) is 5.82 Å². The van der Waals surface area contributed by atoms with Crippen molar-refractivity contribution in [2.24, 2.45) is 0 Å². The van der Waals surface area contributed by atoms with E-state index in [2.05, 4.69) is 15.4 Å². The molecule has 0 aliphatic carbocycles. The Hall–Kier alpha value is -2.74. The number of tetrazole rings is 1. The van der Waals surface area contributed by atoms with Crippen molar-refractivity contribution in [3.63, 3.8) is 0 Å². The fraction of sp³-hybridized carbons (Fsp3) is 0.188. The molecule has 8 heteroatoms. The molecule has 1 heterocycles. The Bertz CT molecular complexity index is 906. The smallest absolute Gasteiger partial charge is 0.311 e. The van der Waals surface area contributed by atoms with Crippen LogP contribution in [0.15, 0.2) is 54.6 Å². The lowest BCUT2D eigenvalue weighted by molar-refractivity contribution is 0.470. The molecule has 0 saturated carbocycles. The van der Waals surface area contributed by atoms with Crippen molar-refractivity contribution in [2.45, 2.75) is 13.5 Å². The van der Waals surface area contributed by atoms with Gasteiger partial charge in [-0.2, -0.15) is 13.2 Å². The summed E-state index contributed by atoms with van der Waals surface area (Å²) >= 11 is 0. The van der Waals surface area contributed by atoms with E-state index in [1.807, 2.05) is 31.2 Å². The second kappa shape index (κ2) is 6.79. The predicted molar refractivity (Wildman–Crippen MR) is 88.8 cm³/mol. The average Bonchev–Trinajstić information content (AvgIpc) is 3.03. The summed E-state index contributed by atoms with van der Waals surface area (Å²) in [5, 5.41) is 12.0. The molecule has 3 rings (SSSR count). The summed E-state index contributed by atoms with van der Waals surface area (Å²) in [6.07, 6.45) is 0. The van der Waals surface area contributed by atoms with Gasteiger partial charge in [0, 0.05) is 5.56 Å². The van der Waals surface area contributed by atoms with E-state index < -0.39 is 10.1 Å². The number of para-hydroxylation sites is 1. The molecule has 0 amide bonds. The Morgan fingerprint density at radius 1 is 1.04 bits per heavy atom. The Morgan fingerprint density at radius 2 is 1.75 bits per heavy atom. The van der Waals surface area contributed by atoms with E-state index in [1.54, 1.807) is 30.3 Å². The first-order valence-electron chi connectivity index (χ1n) is 7.34. The van der Waals surface area contributed by atoms with Gasteiger partial charge in [0.05, 0.1) is 6.54 Å². The Kier molecular flexibility index (Phi) is 4.57. The molecule has 24 heavy (non-hydrogen) atoms. The standard InChI is InChI=1S/C16H16N4O3S/c1-13-7-9-14(10-8-13)16-17-19-20(18-16)11-12-24(21,22)23-15-5-3-2-4-6-15/h2-10H,11-12H2,1H3. The highest BCUT2D eigenvalue weighted by molar-refractivity contribution is 7.87. The van der Waals surface area contributed by atoms with Crippen molar-refractivity contribution >= 4 is 10.1 Å². The minimum absolute atomic E-state index is 0.0635. The molecule has 7 nitrogen and oxygen atoms in total. The van der Waals surface area contributed by atoms with Crippen LogP contribution >= 0.6 is 0 Å². The Morgan fingerprint density at radius 3 is 2.46 bits per heavy atom. The average molecular weight is 344 g/mol. The second-order valence-corrected chi connectivity index (χ2v) is 6.92. The SMILES string of the molecule is Cc1ccc(-c2nnn(CCS(=O)(=O)Oc3ccccc3)n2)cc1. The fourth-order valence-electron chi connectivity index (χ4n) is 2.01. The van der Waals surface area contributed by atoms with Crippen LogP contribution in [-0.2, 0) is 16.7 Å². The molecule has 124 valence electrons. The first-order valence-corrected chi connectivity index (χ1v) is 8.92. The van der Waals surface area contributed by atoms with Gasteiger partial charge in [-0.25, -0.2) is 0 Å². The van der Waals surface area contributed by atoms with Gasteiger partial charge in [-0.1, -0.05) is 48.0 Å². The molecule has 2 aromatic carbocycles. The van der Waals surface area contributed by atoms with Crippen LogP contribution in [0.2, 0.25) is 0 Å². The van der Waals surface area contributed by atoms with Crippen LogP contribution in [-0.4, -0.2) is 34.4 Å². The number of hydrogen-bond acceptors (Lipinski definition) is 6. The van der Waals surface area contributed by atoms with E-state index in [0.717, 1.165) is 11.1 Å². The van der Waals surface area contributed by atoms with Gasteiger partial charge in [-0.05, 0) is 24.3 Å². The summed E-state index contributed by atoms with van der Waals surface area (Å²) < 4.78 is 29.0. The molecule has 1 aromatic heterocycles. The van der Waals surface area contributed by atoms with Crippen LogP contribution < -0.4 is 4.18 Å². The molecule has 0 fully saturated rings. The molecule has 0 N–H and O–H groups in total.